The summed E-state index contributed by atoms with van der Waals surface area (Å²) in [6, 6.07) is 5.21. The summed E-state index contributed by atoms with van der Waals surface area (Å²) in [4.78, 5) is 0. The van der Waals surface area contributed by atoms with Gasteiger partial charge in [0.2, 0.25) is 4.67 Å². The van der Waals surface area contributed by atoms with Gasteiger partial charge in [0.05, 0.1) is 11.3 Å². The van der Waals surface area contributed by atoms with Crippen LogP contribution in [0.1, 0.15) is 0 Å². The summed E-state index contributed by atoms with van der Waals surface area (Å²) in [7, 11) is 0. The van der Waals surface area contributed by atoms with Gasteiger partial charge in [-0.05, 0) is 28.1 Å². The summed E-state index contributed by atoms with van der Waals surface area (Å²) in [5.74, 6) is 1.21. The lowest BCUT2D eigenvalue weighted by Crippen LogP contribution is -1.97. The molecule has 0 unspecified atom stereocenters. The number of halogens is 2. The third-order valence-corrected chi connectivity index (χ3v) is 2.63. The van der Waals surface area contributed by atoms with Gasteiger partial charge in [0.25, 0.3) is 0 Å². The quantitative estimate of drug-likeness (QED) is 0.880. The number of hydrogen-bond acceptors (Lipinski definition) is 3. The highest BCUT2D eigenvalue weighted by Gasteiger charge is 2.11. The Morgan fingerprint density at radius 2 is 2.27 bits per heavy atom. The molecule has 1 heterocycles. The van der Waals surface area contributed by atoms with E-state index < -0.39 is 0 Å². The normalized spacial score (nSPS) is 10.8. The van der Waals surface area contributed by atoms with Gasteiger partial charge in [-0.1, -0.05) is 0 Å². The van der Waals surface area contributed by atoms with Crippen molar-refractivity contribution in [2.24, 2.45) is 0 Å². The number of furan rings is 1. The molecule has 0 aliphatic rings. The van der Waals surface area contributed by atoms with Crippen molar-refractivity contribution >= 4 is 38.5 Å². The molecule has 3 nitrogen and oxygen atoms in total. The average Bonchev–Trinajstić information content (AvgIpc) is 2.52. The zero-order chi connectivity index (χ0) is 10.8. The van der Waals surface area contributed by atoms with Crippen molar-refractivity contribution < 1.29 is 14.3 Å². The van der Waals surface area contributed by atoms with Crippen LogP contribution < -0.4 is 4.74 Å². The van der Waals surface area contributed by atoms with Crippen LogP contribution in [0.5, 0.6) is 11.5 Å². The topological polar surface area (TPSA) is 42.6 Å². The third-order valence-electron chi connectivity index (χ3n) is 1.94. The number of aromatic hydroxyl groups is 1. The van der Waals surface area contributed by atoms with E-state index >= 15 is 0 Å². The second-order valence-electron chi connectivity index (χ2n) is 2.92. The summed E-state index contributed by atoms with van der Waals surface area (Å²) >= 11 is 8.61. The van der Waals surface area contributed by atoms with Crippen molar-refractivity contribution in [3.05, 3.63) is 22.9 Å². The Morgan fingerprint density at radius 3 is 3.00 bits per heavy atom. The van der Waals surface area contributed by atoms with Gasteiger partial charge < -0.3 is 14.3 Å². The van der Waals surface area contributed by atoms with Gasteiger partial charge in [-0.3, -0.25) is 0 Å². The largest absolute Gasteiger partial charge is 0.503 e. The van der Waals surface area contributed by atoms with Gasteiger partial charge in [-0.2, -0.15) is 0 Å². The lowest BCUT2D eigenvalue weighted by Gasteiger charge is -2.02. The van der Waals surface area contributed by atoms with Crippen LogP contribution in [0.15, 0.2) is 27.3 Å². The van der Waals surface area contributed by atoms with Crippen LogP contribution in [0.25, 0.3) is 11.0 Å². The summed E-state index contributed by atoms with van der Waals surface area (Å²) in [6.45, 7) is 0.445. The first-order valence-electron chi connectivity index (χ1n) is 4.32. The number of fused-ring (bicyclic) bond motifs is 1. The van der Waals surface area contributed by atoms with E-state index in [0.717, 1.165) is 0 Å². The molecular weight excluding hydrogens is 283 g/mol. The van der Waals surface area contributed by atoms with Gasteiger partial charge in [-0.15, -0.1) is 11.6 Å². The molecule has 1 aromatic heterocycles. The number of alkyl halides is 1. The van der Waals surface area contributed by atoms with Crippen LogP contribution in [0.2, 0.25) is 0 Å². The molecule has 5 heteroatoms. The molecule has 1 aromatic carbocycles. The fourth-order valence-corrected chi connectivity index (χ4v) is 1.74. The van der Waals surface area contributed by atoms with E-state index in [0.29, 0.717) is 33.9 Å². The van der Waals surface area contributed by atoms with Crippen molar-refractivity contribution in [2.45, 2.75) is 0 Å². The van der Waals surface area contributed by atoms with Gasteiger partial charge in [0.15, 0.2) is 5.75 Å². The smallest absolute Gasteiger partial charge is 0.212 e. The van der Waals surface area contributed by atoms with Crippen molar-refractivity contribution in [3.8, 4) is 11.5 Å². The van der Waals surface area contributed by atoms with E-state index in [9.17, 15) is 5.11 Å². The van der Waals surface area contributed by atoms with Gasteiger partial charge in [0, 0.05) is 6.07 Å². The molecule has 15 heavy (non-hydrogen) atoms. The van der Waals surface area contributed by atoms with E-state index in [-0.39, 0.29) is 5.75 Å². The Balaban J connectivity index is 2.39. The Kier molecular flexibility index (Phi) is 3.07. The Labute approximate surface area is 99.7 Å². The first-order valence-corrected chi connectivity index (χ1v) is 5.65. The predicted molar refractivity (Wildman–Crippen MR) is 61.8 cm³/mol. The molecular formula is C10H8BrClO3. The molecule has 0 saturated heterocycles. The first kappa shape index (κ1) is 10.6. The van der Waals surface area contributed by atoms with E-state index in [1.165, 1.54) is 0 Å². The molecule has 0 amide bonds. The molecule has 1 N–H and O–H groups in total. The van der Waals surface area contributed by atoms with Crippen molar-refractivity contribution in [1.82, 2.24) is 0 Å². The van der Waals surface area contributed by atoms with E-state index in [1.54, 1.807) is 18.2 Å². The maximum absolute atomic E-state index is 9.56. The first-order chi connectivity index (χ1) is 7.22. The number of ether oxygens (including phenoxy) is 1. The molecule has 0 aliphatic heterocycles. The SMILES string of the molecule is Oc1c(Br)oc2cc(OCCCl)ccc12. The van der Waals surface area contributed by atoms with Crippen LogP contribution in [0.3, 0.4) is 0 Å². The highest BCUT2D eigenvalue weighted by atomic mass is 79.9. The number of rotatable bonds is 3. The fraction of sp³-hybridized carbons (Fsp3) is 0.200. The highest BCUT2D eigenvalue weighted by molar-refractivity contribution is 9.10. The fourth-order valence-electron chi connectivity index (χ4n) is 1.28. The summed E-state index contributed by atoms with van der Waals surface area (Å²) in [6.07, 6.45) is 0. The van der Waals surface area contributed by atoms with Crippen LogP contribution in [0, 0.1) is 0 Å². The minimum absolute atomic E-state index is 0.105. The van der Waals surface area contributed by atoms with Crippen LogP contribution in [-0.4, -0.2) is 17.6 Å². The molecule has 0 bridgehead atoms. The highest BCUT2D eigenvalue weighted by Crippen LogP contribution is 2.37. The second-order valence-corrected chi connectivity index (χ2v) is 4.02. The third kappa shape index (κ3) is 2.06. The maximum Gasteiger partial charge on any atom is 0.212 e. The van der Waals surface area contributed by atoms with Crippen LogP contribution >= 0.6 is 27.5 Å². The van der Waals surface area contributed by atoms with Crippen LogP contribution in [0.4, 0.5) is 0 Å². The zero-order valence-corrected chi connectivity index (χ0v) is 10.0. The molecule has 2 rings (SSSR count). The molecule has 0 saturated carbocycles. The molecule has 0 spiro atoms. The minimum Gasteiger partial charge on any atom is -0.503 e. The average molecular weight is 292 g/mol. The van der Waals surface area contributed by atoms with Crippen molar-refractivity contribution in [3.63, 3.8) is 0 Å². The van der Waals surface area contributed by atoms with Crippen molar-refractivity contribution in [1.29, 1.82) is 0 Å². The number of benzene rings is 1. The lowest BCUT2D eigenvalue weighted by atomic mass is 10.2. The van der Waals surface area contributed by atoms with Crippen LogP contribution in [-0.2, 0) is 0 Å². The monoisotopic (exact) mass is 290 g/mol. The lowest BCUT2D eigenvalue weighted by molar-refractivity contribution is 0.342. The second kappa shape index (κ2) is 4.33. The van der Waals surface area contributed by atoms with Gasteiger partial charge in [0.1, 0.15) is 17.9 Å². The van der Waals surface area contributed by atoms with E-state index in [4.69, 9.17) is 20.8 Å². The van der Waals surface area contributed by atoms with E-state index in [1.807, 2.05) is 0 Å². The Morgan fingerprint density at radius 1 is 1.47 bits per heavy atom. The summed E-state index contributed by atoms with van der Waals surface area (Å²) < 4.78 is 10.9. The predicted octanol–water partition coefficient (Wildman–Crippen LogP) is 3.52. The summed E-state index contributed by atoms with van der Waals surface area (Å²) in [5, 5.41) is 10.2. The zero-order valence-electron chi connectivity index (χ0n) is 7.67. The Bertz CT molecular complexity index is 481. The molecule has 0 fully saturated rings. The minimum atomic E-state index is 0.105. The molecule has 80 valence electrons. The maximum atomic E-state index is 9.56. The molecule has 0 atom stereocenters. The van der Waals surface area contributed by atoms with Gasteiger partial charge in [-0.25, -0.2) is 0 Å². The van der Waals surface area contributed by atoms with Crippen molar-refractivity contribution in [2.75, 3.05) is 12.5 Å². The standard InChI is InChI=1S/C10H8BrClO3/c11-10-9(13)7-2-1-6(14-4-3-12)5-8(7)15-10/h1-2,5,13H,3-4H2. The Hall–Kier alpha value is -0.870. The summed E-state index contributed by atoms with van der Waals surface area (Å²) in [5.41, 5.74) is 0.575. The van der Waals surface area contributed by atoms with E-state index in [2.05, 4.69) is 15.9 Å². The molecule has 2 aromatic rings. The number of hydrogen-bond donors (Lipinski definition) is 1. The molecule has 0 aliphatic carbocycles. The van der Waals surface area contributed by atoms with Gasteiger partial charge >= 0.3 is 0 Å². The molecule has 0 radical (unpaired) electrons.